The van der Waals surface area contributed by atoms with Crippen LogP contribution in [0.3, 0.4) is 0 Å². The average molecular weight is 1240 g/mol. The molecule has 9 heteroatoms. The predicted molar refractivity (Wildman–Crippen MR) is 376 cm³/mol. The Morgan fingerprint density at radius 3 is 0.907 bits per heavy atom. The van der Waals surface area contributed by atoms with Crippen molar-refractivity contribution in [3.8, 4) is 0 Å². The zero-order valence-corrected chi connectivity index (χ0v) is 60.0. The second kappa shape index (κ2) is 68.6. The Labute approximate surface area is 539 Å². The molecule has 0 saturated heterocycles. The third-order valence-electron chi connectivity index (χ3n) is 18.5. The molecule has 8 nitrogen and oxygen atoms in total. The number of carbonyl (C=O) groups is 1. The summed E-state index contributed by atoms with van der Waals surface area (Å²) in [7, 11) is 1.33. The van der Waals surface area contributed by atoms with Crippen LogP contribution in [0.1, 0.15) is 425 Å². The van der Waals surface area contributed by atoms with Crippen molar-refractivity contribution in [1.82, 2.24) is 5.32 Å². The number of nitrogens with zero attached hydrogens (tertiary/aromatic N) is 1. The van der Waals surface area contributed by atoms with Gasteiger partial charge >= 0.3 is 0 Å². The van der Waals surface area contributed by atoms with Crippen molar-refractivity contribution in [1.29, 1.82) is 0 Å². The maximum atomic E-state index is 13.1. The molecule has 0 aliphatic heterocycles. The van der Waals surface area contributed by atoms with E-state index in [4.69, 9.17) is 9.05 Å². The van der Waals surface area contributed by atoms with Crippen LogP contribution >= 0.6 is 7.82 Å². The molecule has 0 bridgehead atoms. The molecule has 0 heterocycles. The number of rotatable bonds is 74. The number of amides is 1. The second-order valence-corrected chi connectivity index (χ2v) is 29.8. The van der Waals surface area contributed by atoms with E-state index in [1.54, 1.807) is 0 Å². The lowest BCUT2D eigenvalue weighted by atomic mass is 10.0. The van der Waals surface area contributed by atoms with Crippen molar-refractivity contribution >= 4 is 13.7 Å². The van der Waals surface area contributed by atoms with Crippen LogP contribution in [-0.2, 0) is 18.4 Å². The molecule has 3 atom stereocenters. The predicted octanol–water partition coefficient (Wildman–Crippen LogP) is 24.6. The number of nitrogens with one attached hydrogen (secondary N) is 1. The number of carbonyl (C=O) groups excluding carboxylic acids is 1. The smallest absolute Gasteiger partial charge is 0.268 e. The number of phosphoric ester groups is 1. The maximum absolute atomic E-state index is 13.1. The quantitative estimate of drug-likeness (QED) is 0.0272. The third-order valence-corrected chi connectivity index (χ3v) is 19.5. The van der Waals surface area contributed by atoms with E-state index in [2.05, 4.69) is 31.3 Å². The van der Waals surface area contributed by atoms with Crippen LogP contribution in [0.5, 0.6) is 0 Å². The molecule has 0 aromatic carbocycles. The molecule has 0 saturated carbocycles. The summed E-state index contributed by atoms with van der Waals surface area (Å²) in [6.07, 6.45) is 89.0. The van der Waals surface area contributed by atoms with Gasteiger partial charge in [0.1, 0.15) is 13.2 Å². The van der Waals surface area contributed by atoms with E-state index in [9.17, 15) is 19.4 Å². The lowest BCUT2D eigenvalue weighted by molar-refractivity contribution is -0.870. The van der Waals surface area contributed by atoms with Crippen molar-refractivity contribution in [2.24, 2.45) is 0 Å². The van der Waals surface area contributed by atoms with E-state index in [0.29, 0.717) is 23.9 Å². The summed E-state index contributed by atoms with van der Waals surface area (Å²) in [4.78, 5) is 25.7. The minimum Gasteiger partial charge on any atom is -0.756 e. The molecule has 0 aliphatic carbocycles. The number of allylic oxidation sites excluding steroid dienone is 2. The van der Waals surface area contributed by atoms with Crippen LogP contribution in [0.15, 0.2) is 12.2 Å². The van der Waals surface area contributed by atoms with E-state index in [-0.39, 0.29) is 19.1 Å². The van der Waals surface area contributed by atoms with Crippen LogP contribution in [0.25, 0.3) is 0 Å². The maximum Gasteiger partial charge on any atom is 0.268 e. The summed E-state index contributed by atoms with van der Waals surface area (Å²) in [5, 5.41) is 14.1. The monoisotopic (exact) mass is 1240 g/mol. The summed E-state index contributed by atoms with van der Waals surface area (Å²) in [5.74, 6) is -0.154. The van der Waals surface area contributed by atoms with Crippen LogP contribution in [-0.4, -0.2) is 68.5 Å². The van der Waals surface area contributed by atoms with E-state index in [1.807, 2.05) is 21.1 Å². The fourth-order valence-corrected chi connectivity index (χ4v) is 13.2. The molecule has 514 valence electrons. The van der Waals surface area contributed by atoms with Crippen molar-refractivity contribution in [3.05, 3.63) is 12.2 Å². The molecule has 1 amide bonds. The van der Waals surface area contributed by atoms with Gasteiger partial charge in [-0.25, -0.2) is 0 Å². The van der Waals surface area contributed by atoms with Gasteiger partial charge in [0, 0.05) is 6.42 Å². The van der Waals surface area contributed by atoms with Gasteiger partial charge in [0.05, 0.1) is 39.9 Å². The van der Waals surface area contributed by atoms with Gasteiger partial charge in [-0.15, -0.1) is 0 Å². The van der Waals surface area contributed by atoms with E-state index >= 15 is 0 Å². The van der Waals surface area contributed by atoms with Crippen LogP contribution < -0.4 is 10.2 Å². The first kappa shape index (κ1) is 85.2. The molecule has 0 aromatic rings. The van der Waals surface area contributed by atoms with Crippen molar-refractivity contribution in [2.45, 2.75) is 437 Å². The molecule has 0 spiro atoms. The molecule has 3 unspecified atom stereocenters. The van der Waals surface area contributed by atoms with Gasteiger partial charge < -0.3 is 28.8 Å². The summed E-state index contributed by atoms with van der Waals surface area (Å²) in [6.45, 7) is 4.80. The van der Waals surface area contributed by atoms with Gasteiger partial charge in [-0.3, -0.25) is 9.36 Å². The van der Waals surface area contributed by atoms with Gasteiger partial charge in [-0.1, -0.05) is 392 Å². The summed E-state index contributed by atoms with van der Waals surface area (Å²) >= 11 is 0. The Bertz CT molecular complexity index is 1410. The SMILES string of the molecule is CCCCCCCCCCCCCCCCCCCC/C=C\CCCCCCCCCCCCCCCCCCCC(=O)NC(COP(=O)([O-])OCC[N+](C)(C)C)C(O)CCCCCCCCCCCCCCCCCCCCCCCCCCC. The highest BCUT2D eigenvalue weighted by molar-refractivity contribution is 7.45. The molecule has 0 rings (SSSR count). The first-order valence-corrected chi connectivity index (χ1v) is 40.5. The molecular formula is C77H155N2O6P. The van der Waals surface area contributed by atoms with Gasteiger partial charge in [0.2, 0.25) is 5.91 Å². The fourth-order valence-electron chi connectivity index (χ4n) is 12.5. The number of hydrogen-bond donors (Lipinski definition) is 2. The molecule has 86 heavy (non-hydrogen) atoms. The Kier molecular flexibility index (Phi) is 68.0. The van der Waals surface area contributed by atoms with E-state index < -0.39 is 20.0 Å². The topological polar surface area (TPSA) is 108 Å². The van der Waals surface area contributed by atoms with Crippen LogP contribution in [0.2, 0.25) is 0 Å². The first-order valence-electron chi connectivity index (χ1n) is 39.0. The highest BCUT2D eigenvalue weighted by Gasteiger charge is 2.24. The van der Waals surface area contributed by atoms with Gasteiger partial charge in [0.25, 0.3) is 7.82 Å². The Hall–Kier alpha value is -0.760. The molecule has 2 N–H and O–H groups in total. The van der Waals surface area contributed by atoms with Gasteiger partial charge in [-0.05, 0) is 38.5 Å². The third kappa shape index (κ3) is 70.7. The van der Waals surface area contributed by atoms with Crippen LogP contribution in [0, 0.1) is 0 Å². The Balaban J connectivity index is 3.89. The lowest BCUT2D eigenvalue weighted by Gasteiger charge is -2.30. The average Bonchev–Trinajstić information content (AvgIpc) is 3.70. The first-order chi connectivity index (χ1) is 42.0. The summed E-state index contributed by atoms with van der Waals surface area (Å²) in [5.41, 5.74) is 0. The Morgan fingerprint density at radius 1 is 0.395 bits per heavy atom. The van der Waals surface area contributed by atoms with E-state index in [0.717, 1.165) is 38.5 Å². The summed E-state index contributed by atoms with van der Waals surface area (Å²) < 4.78 is 23.6. The number of unbranched alkanes of at least 4 members (excludes halogenated alkanes) is 59. The fraction of sp³-hybridized carbons (Fsp3) is 0.961. The highest BCUT2D eigenvalue weighted by Crippen LogP contribution is 2.38. The number of quaternary nitrogens is 1. The van der Waals surface area contributed by atoms with Crippen molar-refractivity contribution in [2.75, 3.05) is 40.9 Å². The zero-order valence-electron chi connectivity index (χ0n) is 59.1. The number of phosphoric acid groups is 1. The number of aliphatic hydroxyl groups excluding tert-OH is 1. The molecular weight excluding hydrogens is 1080 g/mol. The molecule has 0 aliphatic rings. The molecule has 0 fully saturated rings. The number of likely N-dealkylation sites (N-methyl/N-ethyl adjacent to an activating group) is 1. The molecule has 0 aromatic heterocycles. The largest absolute Gasteiger partial charge is 0.756 e. The molecule has 0 radical (unpaired) electrons. The lowest BCUT2D eigenvalue weighted by Crippen LogP contribution is -2.46. The zero-order chi connectivity index (χ0) is 62.6. The minimum absolute atomic E-state index is 0.0158. The second-order valence-electron chi connectivity index (χ2n) is 28.4. The van der Waals surface area contributed by atoms with Crippen molar-refractivity contribution in [3.63, 3.8) is 0 Å². The van der Waals surface area contributed by atoms with Crippen LogP contribution in [0.4, 0.5) is 0 Å². The highest BCUT2D eigenvalue weighted by atomic mass is 31.2. The Morgan fingerprint density at radius 2 is 0.640 bits per heavy atom. The van der Waals surface area contributed by atoms with Gasteiger partial charge in [-0.2, -0.15) is 0 Å². The number of hydrogen-bond acceptors (Lipinski definition) is 6. The standard InChI is InChI=1S/C77H155N2O6P/c1-6-8-10-12-14-16-18-20-22-24-26-28-30-32-33-34-35-36-37-38-39-40-41-42-43-44-45-47-49-51-53-55-57-59-61-63-65-67-69-71-77(81)78-75(74-85-86(82,83)84-73-72-79(3,4)5)76(80)70-68-66-64-62-60-58-56-54-52-50-48-46-31-29-27-25-23-21-19-17-15-13-11-9-7-2/h38-39,75-76,80H,6-37,40-74H2,1-5H3,(H-,78,81,82,83)/b39-38-. The number of aliphatic hydroxyl groups is 1. The van der Waals surface area contributed by atoms with E-state index in [1.165, 1.54) is 360 Å². The van der Waals surface area contributed by atoms with Gasteiger partial charge in [0.15, 0.2) is 0 Å². The van der Waals surface area contributed by atoms with Crippen molar-refractivity contribution < 1.29 is 32.9 Å². The normalized spacial score (nSPS) is 13.5. The summed E-state index contributed by atoms with van der Waals surface area (Å²) in [6, 6.07) is -0.799. The minimum atomic E-state index is -4.58.